The van der Waals surface area contributed by atoms with Gasteiger partial charge >= 0.3 is 0 Å². The van der Waals surface area contributed by atoms with Crippen LogP contribution in [-0.2, 0) is 22.6 Å². The summed E-state index contributed by atoms with van der Waals surface area (Å²) in [5.74, 6) is 0.830. The average Bonchev–Trinajstić information content (AvgIpc) is 3.22. The molecule has 0 unspecified atom stereocenters. The van der Waals surface area contributed by atoms with Gasteiger partial charge in [-0.1, -0.05) is 18.2 Å². The fourth-order valence-corrected chi connectivity index (χ4v) is 4.23. The second-order valence-corrected chi connectivity index (χ2v) is 8.22. The Bertz CT molecular complexity index is 1200. The highest BCUT2D eigenvalue weighted by Gasteiger charge is 2.19. The van der Waals surface area contributed by atoms with E-state index in [9.17, 15) is 14.4 Å². The molecule has 0 atom stereocenters. The summed E-state index contributed by atoms with van der Waals surface area (Å²) in [4.78, 5) is 39.2. The van der Waals surface area contributed by atoms with Gasteiger partial charge < -0.3 is 19.5 Å². The monoisotopic (exact) mass is 447 g/mol. The van der Waals surface area contributed by atoms with Crippen LogP contribution in [-0.4, -0.2) is 41.0 Å². The molecule has 2 heterocycles. The lowest BCUT2D eigenvalue weighted by Crippen LogP contribution is -2.28. The van der Waals surface area contributed by atoms with Crippen molar-refractivity contribution in [2.24, 2.45) is 0 Å². The smallest absolute Gasteiger partial charge is 0.258 e. The van der Waals surface area contributed by atoms with Gasteiger partial charge in [0, 0.05) is 48.7 Å². The Morgan fingerprint density at radius 1 is 1.03 bits per heavy atom. The lowest BCUT2D eigenvalue weighted by atomic mass is 10.1. The summed E-state index contributed by atoms with van der Waals surface area (Å²) in [6.45, 7) is 4.56. The van der Waals surface area contributed by atoms with E-state index in [0.29, 0.717) is 42.6 Å². The maximum atomic E-state index is 13.0. The van der Waals surface area contributed by atoms with Crippen LogP contribution in [0.5, 0.6) is 5.75 Å². The van der Waals surface area contributed by atoms with E-state index in [2.05, 4.69) is 5.32 Å². The van der Waals surface area contributed by atoms with Crippen molar-refractivity contribution >= 4 is 28.3 Å². The lowest BCUT2D eigenvalue weighted by Gasteiger charge is -2.16. The van der Waals surface area contributed by atoms with E-state index in [0.717, 1.165) is 30.7 Å². The summed E-state index contributed by atoms with van der Waals surface area (Å²) in [7, 11) is 0. The Kier molecular flexibility index (Phi) is 7.07. The number of rotatable bonds is 9. The van der Waals surface area contributed by atoms with E-state index in [1.165, 1.54) is 0 Å². The highest BCUT2D eigenvalue weighted by Crippen LogP contribution is 2.21. The highest BCUT2D eigenvalue weighted by molar-refractivity contribution is 6.02. The zero-order chi connectivity index (χ0) is 23.2. The number of nitrogens with zero attached hydrogens (tertiary/aromatic N) is 2. The third kappa shape index (κ3) is 5.42. The van der Waals surface area contributed by atoms with Crippen LogP contribution in [0.2, 0.25) is 0 Å². The molecule has 172 valence electrons. The van der Waals surface area contributed by atoms with Crippen LogP contribution in [0.4, 0.5) is 5.69 Å². The predicted molar refractivity (Wildman–Crippen MR) is 129 cm³/mol. The lowest BCUT2D eigenvalue weighted by molar-refractivity contribution is -0.127. The highest BCUT2D eigenvalue weighted by atomic mass is 16.5. The maximum Gasteiger partial charge on any atom is 0.258 e. The minimum absolute atomic E-state index is 0.0946. The summed E-state index contributed by atoms with van der Waals surface area (Å²) < 4.78 is 7.11. The van der Waals surface area contributed by atoms with Crippen molar-refractivity contribution < 1.29 is 14.3 Å². The molecule has 0 saturated carbocycles. The molecule has 33 heavy (non-hydrogen) atoms. The molecule has 2 amide bonds. The van der Waals surface area contributed by atoms with Crippen molar-refractivity contribution in [3.8, 4) is 5.75 Å². The molecule has 1 aromatic heterocycles. The number of hydrogen-bond donors (Lipinski definition) is 1. The van der Waals surface area contributed by atoms with Crippen molar-refractivity contribution in [2.75, 3.05) is 25.0 Å². The summed E-state index contributed by atoms with van der Waals surface area (Å²) in [6.07, 6.45) is 4.27. The largest absolute Gasteiger partial charge is 0.494 e. The number of anilines is 1. The molecule has 1 aliphatic heterocycles. The van der Waals surface area contributed by atoms with Crippen LogP contribution in [0, 0.1) is 0 Å². The zero-order valence-electron chi connectivity index (χ0n) is 18.9. The molecule has 4 rings (SSSR count). The third-order valence-electron chi connectivity index (χ3n) is 5.89. The number of carbonyl (C=O) groups excluding carboxylic acids is 2. The minimum Gasteiger partial charge on any atom is -0.494 e. The number of aryl methyl sites for hydroxylation is 1. The molecule has 0 spiro atoms. The number of likely N-dealkylation sites (tertiary alicyclic amines) is 1. The van der Waals surface area contributed by atoms with Gasteiger partial charge in [0.2, 0.25) is 11.8 Å². The topological polar surface area (TPSA) is 80.6 Å². The van der Waals surface area contributed by atoms with E-state index < -0.39 is 0 Å². The number of ether oxygens (including phenoxy) is 1. The Morgan fingerprint density at radius 2 is 1.85 bits per heavy atom. The number of pyridine rings is 1. The quantitative estimate of drug-likeness (QED) is 0.544. The number of amides is 2. The van der Waals surface area contributed by atoms with Gasteiger partial charge in [0.25, 0.3) is 5.56 Å². The van der Waals surface area contributed by atoms with Crippen LogP contribution < -0.4 is 15.6 Å². The van der Waals surface area contributed by atoms with Crippen LogP contribution >= 0.6 is 0 Å². The Balaban J connectivity index is 1.42. The SMILES string of the molecule is CCOc1ccc(CC(=O)Nc2cccc3c(=O)n(CCCN4CCCC4=O)ccc23)cc1. The Labute approximate surface area is 193 Å². The standard InChI is InChI=1S/C26H29N3O4/c1-2-33-20-11-9-19(10-12-20)18-24(30)27-23-7-3-6-22-21(23)13-17-29(26(22)32)16-5-15-28-14-4-8-25(28)31/h3,6-7,9-13,17H,2,4-5,8,14-16,18H2,1H3,(H,27,30). The summed E-state index contributed by atoms with van der Waals surface area (Å²) in [5.41, 5.74) is 1.41. The van der Waals surface area contributed by atoms with E-state index >= 15 is 0 Å². The molecule has 0 aliphatic carbocycles. The zero-order valence-corrected chi connectivity index (χ0v) is 18.9. The van der Waals surface area contributed by atoms with Crippen molar-refractivity contribution in [3.05, 3.63) is 70.6 Å². The first-order valence-electron chi connectivity index (χ1n) is 11.5. The van der Waals surface area contributed by atoms with Gasteiger partial charge in [-0.2, -0.15) is 0 Å². The fraction of sp³-hybridized carbons (Fsp3) is 0.346. The second-order valence-electron chi connectivity index (χ2n) is 8.22. The van der Waals surface area contributed by atoms with Crippen molar-refractivity contribution in [1.29, 1.82) is 0 Å². The van der Waals surface area contributed by atoms with Crippen LogP contribution in [0.25, 0.3) is 10.8 Å². The van der Waals surface area contributed by atoms with E-state index in [1.54, 1.807) is 29.0 Å². The van der Waals surface area contributed by atoms with Gasteiger partial charge in [-0.25, -0.2) is 0 Å². The molecule has 0 radical (unpaired) electrons. The summed E-state index contributed by atoms with van der Waals surface area (Å²) in [5, 5.41) is 4.22. The molecule has 7 nitrogen and oxygen atoms in total. The minimum atomic E-state index is -0.147. The molecule has 2 aromatic carbocycles. The van der Waals surface area contributed by atoms with Crippen LogP contribution in [0.15, 0.2) is 59.5 Å². The fourth-order valence-electron chi connectivity index (χ4n) is 4.23. The third-order valence-corrected chi connectivity index (χ3v) is 5.89. The molecule has 7 heteroatoms. The molecule has 1 saturated heterocycles. The Hall–Kier alpha value is -3.61. The van der Waals surface area contributed by atoms with Crippen molar-refractivity contribution in [1.82, 2.24) is 9.47 Å². The molecule has 1 N–H and O–H groups in total. The predicted octanol–water partition coefficient (Wildman–Crippen LogP) is 3.59. The summed E-state index contributed by atoms with van der Waals surface area (Å²) in [6, 6.07) is 14.7. The van der Waals surface area contributed by atoms with Crippen molar-refractivity contribution in [2.45, 2.75) is 39.2 Å². The van der Waals surface area contributed by atoms with Gasteiger partial charge in [0.05, 0.1) is 13.0 Å². The van der Waals surface area contributed by atoms with E-state index in [1.807, 2.05) is 42.2 Å². The van der Waals surface area contributed by atoms with Crippen molar-refractivity contribution in [3.63, 3.8) is 0 Å². The molecular weight excluding hydrogens is 418 g/mol. The van der Waals surface area contributed by atoms with E-state index in [4.69, 9.17) is 4.74 Å². The average molecular weight is 448 g/mol. The number of fused-ring (bicyclic) bond motifs is 1. The van der Waals surface area contributed by atoms with Crippen LogP contribution in [0.3, 0.4) is 0 Å². The number of benzene rings is 2. The number of nitrogens with one attached hydrogen (secondary N) is 1. The molecule has 3 aromatic rings. The first kappa shape index (κ1) is 22.6. The molecular formula is C26H29N3O4. The number of aromatic nitrogens is 1. The first-order chi connectivity index (χ1) is 16.0. The molecule has 1 aliphatic rings. The van der Waals surface area contributed by atoms with Gasteiger partial charge in [-0.05, 0) is 55.7 Å². The molecule has 1 fully saturated rings. The molecule has 0 bridgehead atoms. The van der Waals surface area contributed by atoms with E-state index in [-0.39, 0.29) is 23.8 Å². The number of carbonyl (C=O) groups is 2. The summed E-state index contributed by atoms with van der Waals surface area (Å²) >= 11 is 0. The van der Waals surface area contributed by atoms with Gasteiger partial charge in [-0.3, -0.25) is 14.4 Å². The first-order valence-corrected chi connectivity index (χ1v) is 11.5. The Morgan fingerprint density at radius 3 is 2.58 bits per heavy atom. The van der Waals surface area contributed by atoms with Gasteiger partial charge in [0.1, 0.15) is 5.75 Å². The maximum absolute atomic E-state index is 13.0. The van der Waals surface area contributed by atoms with Crippen LogP contribution in [0.1, 0.15) is 31.7 Å². The van der Waals surface area contributed by atoms with Gasteiger partial charge in [-0.15, -0.1) is 0 Å². The van der Waals surface area contributed by atoms with Gasteiger partial charge in [0.15, 0.2) is 0 Å². The normalized spacial score (nSPS) is 13.5. The second kappa shape index (κ2) is 10.3. The number of hydrogen-bond acceptors (Lipinski definition) is 4.